The normalized spacial score (nSPS) is 11.9. The minimum Gasteiger partial charge on any atom is -0.330 e. The van der Waals surface area contributed by atoms with Crippen molar-refractivity contribution in [3.8, 4) is 0 Å². The van der Waals surface area contributed by atoms with Crippen molar-refractivity contribution in [1.29, 1.82) is 0 Å². The first-order valence-electron chi connectivity index (χ1n) is 5.61. The highest BCUT2D eigenvalue weighted by molar-refractivity contribution is 5.84. The number of hydrogen-bond acceptors (Lipinski definition) is 2. The predicted molar refractivity (Wildman–Crippen MR) is 67.0 cm³/mol. The second-order valence-electron chi connectivity index (χ2n) is 3.95. The third-order valence-electron chi connectivity index (χ3n) is 2.69. The first kappa shape index (κ1) is 12.8. The van der Waals surface area contributed by atoms with Crippen molar-refractivity contribution in [2.45, 2.75) is 33.6 Å². The van der Waals surface area contributed by atoms with Gasteiger partial charge in [0.1, 0.15) is 5.82 Å². The highest BCUT2D eigenvalue weighted by Gasteiger charge is 2.06. The van der Waals surface area contributed by atoms with Crippen molar-refractivity contribution < 1.29 is 4.39 Å². The molecule has 1 aromatic carbocycles. The van der Waals surface area contributed by atoms with Gasteiger partial charge in [0.05, 0.1) is 5.69 Å². The zero-order valence-electron chi connectivity index (χ0n) is 10.2. The maximum atomic E-state index is 13.4. The summed E-state index contributed by atoms with van der Waals surface area (Å²) in [4.78, 5) is 4.42. The van der Waals surface area contributed by atoms with E-state index in [1.54, 1.807) is 6.07 Å². The molecule has 0 fully saturated rings. The first-order valence-corrected chi connectivity index (χ1v) is 5.61. The molecular formula is C13H19FN2. The van der Waals surface area contributed by atoms with Gasteiger partial charge in [0, 0.05) is 5.71 Å². The topological polar surface area (TPSA) is 38.4 Å². The molecule has 0 radical (unpaired) electrons. The molecule has 0 spiro atoms. The third kappa shape index (κ3) is 3.14. The van der Waals surface area contributed by atoms with Gasteiger partial charge in [-0.15, -0.1) is 0 Å². The average molecular weight is 222 g/mol. The van der Waals surface area contributed by atoms with Crippen molar-refractivity contribution in [1.82, 2.24) is 0 Å². The van der Waals surface area contributed by atoms with Crippen molar-refractivity contribution >= 4 is 11.4 Å². The van der Waals surface area contributed by atoms with Crippen molar-refractivity contribution in [2.75, 3.05) is 6.54 Å². The summed E-state index contributed by atoms with van der Waals surface area (Å²) in [5.74, 6) is -0.239. The second kappa shape index (κ2) is 5.75. The molecule has 0 amide bonds. The summed E-state index contributed by atoms with van der Waals surface area (Å²) in [6.07, 6.45) is 1.57. The molecule has 2 nitrogen and oxygen atoms in total. The average Bonchev–Trinajstić information content (AvgIpc) is 2.25. The van der Waals surface area contributed by atoms with Crippen LogP contribution >= 0.6 is 0 Å². The molecule has 0 saturated carbocycles. The van der Waals surface area contributed by atoms with Gasteiger partial charge in [-0.05, 0) is 56.5 Å². The van der Waals surface area contributed by atoms with Gasteiger partial charge in [-0.1, -0.05) is 6.92 Å². The van der Waals surface area contributed by atoms with Gasteiger partial charge in [0.15, 0.2) is 0 Å². The zero-order valence-corrected chi connectivity index (χ0v) is 10.2. The lowest BCUT2D eigenvalue weighted by molar-refractivity contribution is 0.625. The van der Waals surface area contributed by atoms with E-state index in [4.69, 9.17) is 5.73 Å². The summed E-state index contributed by atoms with van der Waals surface area (Å²) in [7, 11) is 0. The molecule has 0 aromatic heterocycles. The van der Waals surface area contributed by atoms with Crippen molar-refractivity contribution in [2.24, 2.45) is 10.7 Å². The fraction of sp³-hybridized carbons (Fsp3) is 0.462. The summed E-state index contributed by atoms with van der Waals surface area (Å²) in [6.45, 7) is 6.48. The van der Waals surface area contributed by atoms with E-state index in [2.05, 4.69) is 4.99 Å². The van der Waals surface area contributed by atoms with Crippen LogP contribution in [0.25, 0.3) is 0 Å². The lowest BCUT2D eigenvalue weighted by Crippen LogP contribution is -2.04. The molecule has 0 unspecified atom stereocenters. The number of hydrogen-bond donors (Lipinski definition) is 1. The third-order valence-corrected chi connectivity index (χ3v) is 2.69. The quantitative estimate of drug-likeness (QED) is 0.781. The smallest absolute Gasteiger partial charge is 0.125 e. The van der Waals surface area contributed by atoms with Crippen LogP contribution in [0.15, 0.2) is 17.1 Å². The van der Waals surface area contributed by atoms with E-state index in [-0.39, 0.29) is 5.82 Å². The van der Waals surface area contributed by atoms with Crippen molar-refractivity contribution in [3.63, 3.8) is 0 Å². The minimum atomic E-state index is -0.239. The molecule has 3 heteroatoms. The Kier molecular flexibility index (Phi) is 4.62. The largest absolute Gasteiger partial charge is 0.330 e. The van der Waals surface area contributed by atoms with Crippen LogP contribution < -0.4 is 5.73 Å². The van der Waals surface area contributed by atoms with Gasteiger partial charge >= 0.3 is 0 Å². The Hall–Kier alpha value is -1.22. The predicted octanol–water partition coefficient (Wildman–Crippen LogP) is 3.14. The molecule has 1 aromatic rings. The molecule has 0 aliphatic heterocycles. The molecule has 0 bridgehead atoms. The number of nitrogens with zero attached hydrogens (tertiary/aromatic N) is 1. The van der Waals surface area contributed by atoms with Gasteiger partial charge in [0.2, 0.25) is 0 Å². The molecule has 0 aliphatic carbocycles. The Morgan fingerprint density at radius 2 is 2.12 bits per heavy atom. The van der Waals surface area contributed by atoms with Crippen LogP contribution in [0, 0.1) is 12.7 Å². The maximum Gasteiger partial charge on any atom is 0.125 e. The first-order chi connectivity index (χ1) is 7.58. The lowest BCUT2D eigenvalue weighted by Gasteiger charge is -2.08. The molecule has 88 valence electrons. The minimum absolute atomic E-state index is 0.239. The van der Waals surface area contributed by atoms with Crippen LogP contribution in [0.2, 0.25) is 0 Å². The van der Waals surface area contributed by atoms with Crippen LogP contribution in [0.3, 0.4) is 0 Å². The van der Waals surface area contributed by atoms with E-state index in [1.165, 1.54) is 6.07 Å². The molecule has 0 aliphatic rings. The van der Waals surface area contributed by atoms with Gasteiger partial charge in [-0.25, -0.2) is 4.39 Å². The Morgan fingerprint density at radius 3 is 2.69 bits per heavy atom. The van der Waals surface area contributed by atoms with Crippen LogP contribution in [-0.4, -0.2) is 12.3 Å². The van der Waals surface area contributed by atoms with E-state index in [1.807, 2.05) is 20.8 Å². The molecule has 0 heterocycles. The van der Waals surface area contributed by atoms with E-state index in [0.29, 0.717) is 13.0 Å². The summed E-state index contributed by atoms with van der Waals surface area (Å²) < 4.78 is 13.4. The lowest BCUT2D eigenvalue weighted by atomic mass is 10.0. The number of rotatable bonds is 4. The fourth-order valence-electron chi connectivity index (χ4n) is 1.54. The second-order valence-corrected chi connectivity index (χ2v) is 3.95. The molecule has 0 saturated heterocycles. The molecule has 1 rings (SSSR count). The number of halogens is 1. The number of benzene rings is 1. The summed E-state index contributed by atoms with van der Waals surface area (Å²) in [6, 6.07) is 3.02. The highest BCUT2D eigenvalue weighted by Crippen LogP contribution is 2.24. The van der Waals surface area contributed by atoms with Gasteiger partial charge in [-0.2, -0.15) is 0 Å². The number of nitrogens with two attached hydrogens (primary N) is 1. The van der Waals surface area contributed by atoms with Crippen LogP contribution in [-0.2, 0) is 6.42 Å². The van der Waals surface area contributed by atoms with Crippen LogP contribution in [0.1, 0.15) is 31.4 Å². The Morgan fingerprint density at radius 1 is 1.44 bits per heavy atom. The summed E-state index contributed by atoms with van der Waals surface area (Å²) in [5, 5.41) is 0. The van der Waals surface area contributed by atoms with Crippen molar-refractivity contribution in [3.05, 3.63) is 29.1 Å². The van der Waals surface area contributed by atoms with Crippen LogP contribution in [0.5, 0.6) is 0 Å². The van der Waals surface area contributed by atoms with Gasteiger partial charge in [0.25, 0.3) is 0 Å². The molecular weight excluding hydrogens is 203 g/mol. The number of aliphatic imine (C=N–C) groups is 1. The highest BCUT2D eigenvalue weighted by atomic mass is 19.1. The molecule has 0 atom stereocenters. The van der Waals surface area contributed by atoms with Gasteiger partial charge < -0.3 is 5.73 Å². The van der Waals surface area contributed by atoms with E-state index >= 15 is 0 Å². The standard InChI is InChI=1S/C13H19FN2/c1-4-9(2)16-13-8-12(14)7-11(5-6-15)10(13)3/h7-8H,4-6,15H2,1-3H3. The fourth-order valence-corrected chi connectivity index (χ4v) is 1.54. The molecule has 2 N–H and O–H groups in total. The monoisotopic (exact) mass is 222 g/mol. The maximum absolute atomic E-state index is 13.4. The zero-order chi connectivity index (χ0) is 12.1. The Labute approximate surface area is 96.4 Å². The van der Waals surface area contributed by atoms with E-state index < -0.39 is 0 Å². The Balaban J connectivity index is 3.18. The van der Waals surface area contributed by atoms with Gasteiger partial charge in [-0.3, -0.25) is 4.99 Å². The van der Waals surface area contributed by atoms with E-state index in [9.17, 15) is 4.39 Å². The summed E-state index contributed by atoms with van der Waals surface area (Å²) in [5.41, 5.74) is 9.21. The summed E-state index contributed by atoms with van der Waals surface area (Å²) >= 11 is 0. The molecule has 16 heavy (non-hydrogen) atoms. The SMILES string of the molecule is CCC(C)=Nc1cc(F)cc(CCN)c1C. The van der Waals surface area contributed by atoms with E-state index in [0.717, 1.165) is 28.9 Å². The van der Waals surface area contributed by atoms with Crippen LogP contribution in [0.4, 0.5) is 10.1 Å². The Bertz CT molecular complexity index is 397.